The van der Waals surface area contributed by atoms with Crippen molar-refractivity contribution in [3.8, 4) is 0 Å². The molecule has 2 aliphatic rings. The van der Waals surface area contributed by atoms with Gasteiger partial charge in [-0.15, -0.1) is 0 Å². The van der Waals surface area contributed by atoms with Gasteiger partial charge >= 0.3 is 0 Å². The molecule has 2 heterocycles. The van der Waals surface area contributed by atoms with Gasteiger partial charge in [0, 0.05) is 19.1 Å². The number of nitrogens with one attached hydrogen (secondary N) is 1. The van der Waals surface area contributed by atoms with Gasteiger partial charge in [0.15, 0.2) is 0 Å². The summed E-state index contributed by atoms with van der Waals surface area (Å²) in [6.45, 7) is 6.27. The third kappa shape index (κ3) is 1.47. The van der Waals surface area contributed by atoms with Gasteiger partial charge in [0.25, 0.3) is 5.91 Å². The van der Waals surface area contributed by atoms with Gasteiger partial charge in [-0.2, -0.15) is 0 Å². The van der Waals surface area contributed by atoms with Crippen molar-refractivity contribution in [1.29, 1.82) is 0 Å². The normalized spacial score (nSPS) is 37.1. The third-order valence-corrected chi connectivity index (χ3v) is 4.02. The summed E-state index contributed by atoms with van der Waals surface area (Å²) in [4.78, 5) is 12.4. The summed E-state index contributed by atoms with van der Waals surface area (Å²) in [7, 11) is 1.90. The van der Waals surface area contributed by atoms with Crippen LogP contribution in [0.5, 0.6) is 0 Å². The second-order valence-electron chi connectivity index (χ2n) is 4.68. The highest BCUT2D eigenvalue weighted by molar-refractivity contribution is 5.87. The van der Waals surface area contributed by atoms with E-state index in [2.05, 4.69) is 24.2 Å². The summed E-state index contributed by atoms with van der Waals surface area (Å²) in [6, 6.07) is 0.372. The Morgan fingerprint density at radius 3 is 2.87 bits per heavy atom. The molecule has 1 N–H and O–H groups in total. The SMILES string of the molecule is CC[C@@]1(NC)CCN2CC[C@@H](C)N2C1=O. The van der Waals surface area contributed by atoms with E-state index in [1.807, 2.05) is 12.1 Å². The fourth-order valence-corrected chi connectivity index (χ4v) is 2.78. The average Bonchev–Trinajstić information content (AvgIpc) is 2.62. The predicted octanol–water partition coefficient (Wildman–Crippen LogP) is 0.596. The number of hydrazine groups is 1. The number of rotatable bonds is 2. The molecular weight excluding hydrogens is 190 g/mol. The van der Waals surface area contributed by atoms with Crippen LogP contribution in [0.2, 0.25) is 0 Å². The quantitative estimate of drug-likeness (QED) is 0.726. The minimum absolute atomic E-state index is 0.267. The van der Waals surface area contributed by atoms with E-state index in [9.17, 15) is 4.79 Å². The molecule has 1 amide bonds. The number of hydrogen-bond acceptors (Lipinski definition) is 3. The van der Waals surface area contributed by atoms with E-state index in [0.29, 0.717) is 6.04 Å². The molecule has 0 unspecified atom stereocenters. The van der Waals surface area contributed by atoms with Crippen molar-refractivity contribution in [2.75, 3.05) is 20.1 Å². The molecule has 0 aliphatic carbocycles. The van der Waals surface area contributed by atoms with E-state index < -0.39 is 0 Å². The van der Waals surface area contributed by atoms with E-state index in [-0.39, 0.29) is 11.4 Å². The van der Waals surface area contributed by atoms with Gasteiger partial charge in [-0.1, -0.05) is 6.92 Å². The smallest absolute Gasteiger partial charge is 0.257 e. The molecular formula is C11H21N3O. The van der Waals surface area contributed by atoms with Crippen LogP contribution in [0, 0.1) is 0 Å². The van der Waals surface area contributed by atoms with Gasteiger partial charge < -0.3 is 5.32 Å². The Morgan fingerprint density at radius 2 is 2.27 bits per heavy atom. The lowest BCUT2D eigenvalue weighted by molar-refractivity contribution is -0.163. The third-order valence-electron chi connectivity index (χ3n) is 4.02. The Balaban J connectivity index is 2.24. The van der Waals surface area contributed by atoms with Gasteiger partial charge in [0.2, 0.25) is 0 Å². The topological polar surface area (TPSA) is 35.6 Å². The van der Waals surface area contributed by atoms with Crippen LogP contribution in [-0.2, 0) is 4.79 Å². The second kappa shape index (κ2) is 3.76. The van der Waals surface area contributed by atoms with Crippen molar-refractivity contribution in [2.45, 2.75) is 44.7 Å². The lowest BCUT2D eigenvalue weighted by Crippen LogP contribution is -2.65. The first kappa shape index (κ1) is 10.9. The van der Waals surface area contributed by atoms with Crippen molar-refractivity contribution >= 4 is 5.91 Å². The molecule has 0 spiro atoms. The number of fused-ring (bicyclic) bond motifs is 1. The van der Waals surface area contributed by atoms with Gasteiger partial charge in [0.05, 0.1) is 0 Å². The lowest BCUT2D eigenvalue weighted by Gasteiger charge is -2.45. The van der Waals surface area contributed by atoms with Gasteiger partial charge in [-0.05, 0) is 33.2 Å². The first-order valence-electron chi connectivity index (χ1n) is 5.92. The van der Waals surface area contributed by atoms with Gasteiger partial charge in [0.1, 0.15) is 5.54 Å². The maximum Gasteiger partial charge on any atom is 0.257 e. The van der Waals surface area contributed by atoms with Crippen LogP contribution in [0.25, 0.3) is 0 Å². The van der Waals surface area contributed by atoms with E-state index in [1.54, 1.807) is 0 Å². The van der Waals surface area contributed by atoms with E-state index in [4.69, 9.17) is 0 Å². The standard InChI is InChI=1S/C11H21N3O/c1-4-11(12-3)6-8-13-7-5-9(2)14(13)10(11)15/h9,12H,4-8H2,1-3H3/t9-,11-/m1/s1. The van der Waals surface area contributed by atoms with E-state index >= 15 is 0 Å². The zero-order valence-corrected chi connectivity index (χ0v) is 9.92. The molecule has 2 fully saturated rings. The average molecular weight is 211 g/mol. The van der Waals surface area contributed by atoms with Crippen LogP contribution in [0.4, 0.5) is 0 Å². The van der Waals surface area contributed by atoms with Gasteiger partial charge in [-0.3, -0.25) is 9.80 Å². The Hall–Kier alpha value is -0.610. The fraction of sp³-hybridized carbons (Fsp3) is 0.909. The first-order valence-corrected chi connectivity index (χ1v) is 5.92. The molecule has 2 atom stereocenters. The zero-order valence-electron chi connectivity index (χ0n) is 9.92. The van der Waals surface area contributed by atoms with Crippen LogP contribution in [0.1, 0.15) is 33.1 Å². The molecule has 0 bridgehead atoms. The number of nitrogens with zero attached hydrogens (tertiary/aromatic N) is 2. The summed E-state index contributed by atoms with van der Waals surface area (Å²) in [5.74, 6) is 0.267. The number of hydrogen-bond donors (Lipinski definition) is 1. The van der Waals surface area contributed by atoms with Crippen molar-refractivity contribution in [3.63, 3.8) is 0 Å². The molecule has 0 aromatic rings. The summed E-state index contributed by atoms with van der Waals surface area (Å²) >= 11 is 0. The summed E-state index contributed by atoms with van der Waals surface area (Å²) in [5.41, 5.74) is -0.310. The van der Waals surface area contributed by atoms with Crippen LogP contribution in [0.15, 0.2) is 0 Å². The monoisotopic (exact) mass is 211 g/mol. The van der Waals surface area contributed by atoms with Crippen LogP contribution >= 0.6 is 0 Å². The zero-order chi connectivity index (χ0) is 11.1. The molecule has 86 valence electrons. The maximum atomic E-state index is 12.4. The molecule has 2 rings (SSSR count). The fourth-order valence-electron chi connectivity index (χ4n) is 2.78. The first-order chi connectivity index (χ1) is 7.14. The number of carbonyl (C=O) groups is 1. The highest BCUT2D eigenvalue weighted by Crippen LogP contribution is 2.31. The van der Waals surface area contributed by atoms with Crippen molar-refractivity contribution in [2.24, 2.45) is 0 Å². The second-order valence-corrected chi connectivity index (χ2v) is 4.68. The highest BCUT2D eigenvalue weighted by atomic mass is 16.2. The molecule has 15 heavy (non-hydrogen) atoms. The largest absolute Gasteiger partial charge is 0.306 e. The Bertz CT molecular complexity index is 263. The van der Waals surface area contributed by atoms with Crippen LogP contribution in [0.3, 0.4) is 0 Å². The molecule has 4 nitrogen and oxygen atoms in total. The van der Waals surface area contributed by atoms with Crippen LogP contribution in [-0.4, -0.2) is 47.6 Å². The van der Waals surface area contributed by atoms with Crippen molar-refractivity contribution in [3.05, 3.63) is 0 Å². The Morgan fingerprint density at radius 1 is 1.53 bits per heavy atom. The Kier molecular flexibility index (Phi) is 2.73. The molecule has 0 saturated carbocycles. The van der Waals surface area contributed by atoms with Gasteiger partial charge in [-0.25, -0.2) is 5.01 Å². The molecule has 0 aromatic heterocycles. The minimum atomic E-state index is -0.310. The predicted molar refractivity (Wildman–Crippen MR) is 59.2 cm³/mol. The summed E-state index contributed by atoms with van der Waals surface area (Å²) < 4.78 is 0. The van der Waals surface area contributed by atoms with E-state index in [0.717, 1.165) is 32.4 Å². The summed E-state index contributed by atoms with van der Waals surface area (Å²) in [6.07, 6.45) is 2.91. The van der Waals surface area contributed by atoms with E-state index in [1.165, 1.54) is 0 Å². The number of carbonyl (C=O) groups excluding carboxylic acids is 1. The minimum Gasteiger partial charge on any atom is -0.306 e. The number of likely N-dealkylation sites (N-methyl/N-ethyl adjacent to an activating group) is 1. The summed E-state index contributed by atoms with van der Waals surface area (Å²) in [5, 5.41) is 7.41. The molecule has 0 aromatic carbocycles. The lowest BCUT2D eigenvalue weighted by atomic mass is 9.89. The van der Waals surface area contributed by atoms with Crippen molar-refractivity contribution < 1.29 is 4.79 Å². The Labute approximate surface area is 91.6 Å². The molecule has 0 radical (unpaired) electrons. The molecule has 2 saturated heterocycles. The van der Waals surface area contributed by atoms with Crippen LogP contribution < -0.4 is 5.32 Å². The molecule has 2 aliphatic heterocycles. The number of amides is 1. The maximum absolute atomic E-state index is 12.4. The highest BCUT2D eigenvalue weighted by Gasteiger charge is 2.48. The molecule has 4 heteroatoms. The van der Waals surface area contributed by atoms with Crippen molar-refractivity contribution in [1.82, 2.24) is 15.3 Å².